The highest BCUT2D eigenvalue weighted by Crippen LogP contribution is 2.73. The van der Waals surface area contributed by atoms with Gasteiger partial charge in [0.25, 0.3) is 0 Å². The highest BCUT2D eigenvalue weighted by Gasteiger charge is 2.66. The predicted octanol–water partition coefficient (Wildman–Crippen LogP) is 32.7. The quantitative estimate of drug-likeness (QED) is 0.0265. The molecule has 107 heavy (non-hydrogen) atoms. The van der Waals surface area contributed by atoms with E-state index in [0.717, 1.165) is 49.9 Å². The van der Waals surface area contributed by atoms with Crippen molar-refractivity contribution < 1.29 is 0 Å². The molecule has 2 fully saturated rings. The van der Waals surface area contributed by atoms with Gasteiger partial charge < -0.3 is 0 Å². The third-order valence-corrected chi connectivity index (χ3v) is 28.5. The Morgan fingerprint density at radius 2 is 0.738 bits per heavy atom. The van der Waals surface area contributed by atoms with Crippen LogP contribution in [0.4, 0.5) is 0 Å². The van der Waals surface area contributed by atoms with Crippen molar-refractivity contribution in [3.63, 3.8) is 0 Å². The van der Waals surface area contributed by atoms with E-state index in [0.29, 0.717) is 17.8 Å². The van der Waals surface area contributed by atoms with Gasteiger partial charge in [-0.05, 0) is 257 Å². The van der Waals surface area contributed by atoms with Crippen LogP contribution >= 0.6 is 0 Å². The Morgan fingerprint density at radius 3 is 1.27 bits per heavy atom. The van der Waals surface area contributed by atoms with Gasteiger partial charge >= 0.3 is 0 Å². The molecular formula is C107H140. The number of unbranched alkanes of at least 4 members (excludes halogenated alkanes) is 12. The average molecular weight is 1430 g/mol. The minimum absolute atomic E-state index is 0.138. The molecule has 13 rings (SSSR count). The topological polar surface area (TPSA) is 0 Å². The molecule has 0 radical (unpaired) electrons. The lowest BCUT2D eigenvalue weighted by molar-refractivity contribution is 0.299. The van der Waals surface area contributed by atoms with Crippen LogP contribution in [0.1, 0.15) is 330 Å². The van der Waals surface area contributed by atoms with Crippen LogP contribution < -0.4 is 0 Å². The van der Waals surface area contributed by atoms with E-state index in [1.807, 2.05) is 0 Å². The van der Waals surface area contributed by atoms with Crippen molar-refractivity contribution in [3.8, 4) is 33.4 Å². The average Bonchev–Trinajstić information content (AvgIpc) is 1.51. The summed E-state index contributed by atoms with van der Waals surface area (Å²) in [5, 5.41) is 14.4. The van der Waals surface area contributed by atoms with Crippen molar-refractivity contribution in [1.29, 1.82) is 0 Å². The SMILES string of the molecule is CCCCCCCC1CC23CC(CCCCCCC)CC2(C1)c1cc(-c2c4ccccc4c(Cc4cc(CC(CC)CCCC)c5cc(-c6c7ccccc7c(C)c7cc(CC(CC)CCCC)ccc67)cc(CC(CC)CCCC)c5c4)c4cc(CC(CC)CCCC)ccc24)ccc1-c1ccc(C)cc13. The molecule has 0 N–H and O–H groups in total. The van der Waals surface area contributed by atoms with Crippen molar-refractivity contribution in [2.24, 2.45) is 35.5 Å². The lowest BCUT2D eigenvalue weighted by Gasteiger charge is -2.48. The molecule has 0 aliphatic heterocycles. The van der Waals surface area contributed by atoms with Gasteiger partial charge in [-0.1, -0.05) is 388 Å². The van der Waals surface area contributed by atoms with Crippen molar-refractivity contribution in [1.82, 2.24) is 0 Å². The molecule has 10 aromatic rings. The molecule has 0 amide bonds. The van der Waals surface area contributed by atoms with Crippen LogP contribution in [0.3, 0.4) is 0 Å². The fraction of sp³-hybridized carbons (Fsp3) is 0.533. The largest absolute Gasteiger partial charge is 0.0654 e. The second kappa shape index (κ2) is 36.6. The summed E-state index contributed by atoms with van der Waals surface area (Å²) >= 11 is 0. The Hall–Kier alpha value is -6.50. The van der Waals surface area contributed by atoms with E-state index >= 15 is 0 Å². The minimum atomic E-state index is 0.138. The summed E-state index contributed by atoms with van der Waals surface area (Å²) in [4.78, 5) is 0. The van der Waals surface area contributed by atoms with E-state index in [-0.39, 0.29) is 10.8 Å². The van der Waals surface area contributed by atoms with E-state index in [1.165, 1.54) is 315 Å². The standard InChI is InChI=1S/C107H140/c1-13-23-29-31-33-43-82-70-106-71-83(44-34-32-30-24-14-2)73-107(106,72-82)103-69-85(52-56-92(103)91-53-49-74(11)57-102(91)106)104-94-48-38-36-46-90(94)100(101-64-81(51-55-96(101)104)59-77(20-8)40-26-16-4)66-84-62-86(60-78(21-9)41-27-17-5)99-68-88(67-87(98(99)65-84)61-79(22-10)42-28-18-6)105-93-47-37-35-45-89(93)75(12)97-63-80(50-54-95(97)105)58-76(19-7)39-25-15-3/h35-38,45-57,62-65,67-69,76-79,82-83H,13-34,39-44,58-61,66,70-73H2,1-12H3. The molecule has 0 spiro atoms. The normalized spacial score (nSPS) is 18.7. The van der Waals surface area contributed by atoms with Crippen LogP contribution in [-0.4, -0.2) is 0 Å². The molecule has 0 nitrogen and oxygen atoms in total. The van der Waals surface area contributed by atoms with E-state index < -0.39 is 0 Å². The van der Waals surface area contributed by atoms with E-state index in [4.69, 9.17) is 0 Å². The summed E-state index contributed by atoms with van der Waals surface area (Å²) < 4.78 is 0. The summed E-state index contributed by atoms with van der Waals surface area (Å²) in [7, 11) is 0. The Morgan fingerprint density at radius 1 is 0.318 bits per heavy atom. The zero-order valence-corrected chi connectivity index (χ0v) is 69.5. The van der Waals surface area contributed by atoms with E-state index in [2.05, 4.69) is 229 Å². The molecule has 6 atom stereocenters. The maximum absolute atomic E-state index is 2.86. The van der Waals surface area contributed by atoms with Crippen molar-refractivity contribution in [2.45, 2.75) is 331 Å². The van der Waals surface area contributed by atoms with Gasteiger partial charge in [0.1, 0.15) is 0 Å². The number of rotatable bonds is 40. The maximum atomic E-state index is 2.86. The van der Waals surface area contributed by atoms with Gasteiger partial charge in [0.15, 0.2) is 0 Å². The number of fused-ring (bicyclic) bond motifs is 8. The summed E-state index contributed by atoms with van der Waals surface area (Å²) in [5.41, 5.74) is 24.5. The molecule has 0 saturated heterocycles. The molecule has 0 heteroatoms. The van der Waals surface area contributed by atoms with Crippen LogP contribution in [-0.2, 0) is 42.9 Å². The Balaban J connectivity index is 1.01. The Bertz CT molecular complexity index is 4590. The molecule has 10 aromatic carbocycles. The van der Waals surface area contributed by atoms with Gasteiger partial charge in [-0.2, -0.15) is 0 Å². The highest BCUT2D eigenvalue weighted by atomic mass is 14.7. The molecule has 568 valence electrons. The third-order valence-electron chi connectivity index (χ3n) is 28.5. The number of hydrogen-bond donors (Lipinski definition) is 0. The lowest BCUT2D eigenvalue weighted by atomic mass is 9.55. The molecular weight excluding hydrogens is 1290 g/mol. The number of hydrogen-bond acceptors (Lipinski definition) is 0. The van der Waals surface area contributed by atoms with Crippen LogP contribution in [0, 0.1) is 49.4 Å². The molecule has 0 aromatic heterocycles. The number of benzene rings is 10. The van der Waals surface area contributed by atoms with Crippen LogP contribution in [0.5, 0.6) is 0 Å². The zero-order chi connectivity index (χ0) is 74.6. The van der Waals surface area contributed by atoms with Crippen molar-refractivity contribution in [3.05, 3.63) is 201 Å². The number of aryl methyl sites for hydroxylation is 2. The first-order valence-corrected chi connectivity index (χ1v) is 45.1. The molecule has 0 heterocycles. The summed E-state index contributed by atoms with van der Waals surface area (Å²) in [5.74, 6) is 4.17. The van der Waals surface area contributed by atoms with Crippen LogP contribution in [0.2, 0.25) is 0 Å². The first-order valence-electron chi connectivity index (χ1n) is 45.1. The minimum Gasteiger partial charge on any atom is -0.0654 e. The molecule has 0 bridgehead atoms. The predicted molar refractivity (Wildman–Crippen MR) is 473 cm³/mol. The molecule has 3 aliphatic rings. The second-order valence-corrected chi connectivity index (χ2v) is 35.8. The van der Waals surface area contributed by atoms with Gasteiger partial charge in [0, 0.05) is 10.8 Å². The second-order valence-electron chi connectivity index (χ2n) is 35.8. The third kappa shape index (κ3) is 16.6. The maximum Gasteiger partial charge on any atom is 0.00618 e. The fourth-order valence-corrected chi connectivity index (χ4v) is 22.5. The van der Waals surface area contributed by atoms with E-state index in [9.17, 15) is 0 Å². The smallest absolute Gasteiger partial charge is 0.00618 e. The van der Waals surface area contributed by atoms with Crippen LogP contribution in [0.25, 0.3) is 87.2 Å². The summed E-state index contributed by atoms with van der Waals surface area (Å²) in [6.07, 6.45) is 47.6. The molecule has 2 saturated carbocycles. The fourth-order valence-electron chi connectivity index (χ4n) is 22.5. The van der Waals surface area contributed by atoms with Gasteiger partial charge in [-0.25, -0.2) is 0 Å². The summed E-state index contributed by atoms with van der Waals surface area (Å²) in [6.45, 7) is 28.9. The molecule has 3 aliphatic carbocycles. The first kappa shape index (κ1) is 78.6. The Kier molecular flexibility index (Phi) is 26.9. The zero-order valence-electron chi connectivity index (χ0n) is 69.5. The van der Waals surface area contributed by atoms with Crippen molar-refractivity contribution in [2.75, 3.05) is 0 Å². The van der Waals surface area contributed by atoms with Gasteiger partial charge in [0.2, 0.25) is 0 Å². The van der Waals surface area contributed by atoms with Crippen molar-refractivity contribution >= 4 is 53.9 Å². The van der Waals surface area contributed by atoms with Gasteiger partial charge in [-0.3, -0.25) is 0 Å². The highest BCUT2D eigenvalue weighted by molar-refractivity contribution is 6.17. The monoisotopic (exact) mass is 1430 g/mol. The van der Waals surface area contributed by atoms with Crippen LogP contribution in [0.15, 0.2) is 146 Å². The summed E-state index contributed by atoms with van der Waals surface area (Å²) in [6, 6.07) is 61.8. The molecule has 6 unspecified atom stereocenters. The Labute approximate surface area is 651 Å². The lowest BCUT2D eigenvalue weighted by Crippen LogP contribution is -2.43. The van der Waals surface area contributed by atoms with Gasteiger partial charge in [0.05, 0.1) is 0 Å². The first-order chi connectivity index (χ1) is 52.4. The van der Waals surface area contributed by atoms with E-state index in [1.54, 1.807) is 33.4 Å². The van der Waals surface area contributed by atoms with Gasteiger partial charge in [-0.15, -0.1) is 0 Å².